The van der Waals surface area contributed by atoms with Crippen molar-refractivity contribution in [2.45, 2.75) is 19.4 Å². The lowest BCUT2D eigenvalue weighted by molar-refractivity contribution is 0.109. The first-order valence-corrected chi connectivity index (χ1v) is 4.92. The van der Waals surface area contributed by atoms with E-state index in [1.54, 1.807) is 0 Å². The molecule has 15 heavy (non-hydrogen) atoms. The SMILES string of the molecule is CCC(CN)C(O)c1cc(F)cc(F)c1. The van der Waals surface area contributed by atoms with Gasteiger partial charge in [-0.15, -0.1) is 0 Å². The third-order valence-corrected chi connectivity index (χ3v) is 2.50. The van der Waals surface area contributed by atoms with Crippen molar-refractivity contribution < 1.29 is 13.9 Å². The van der Waals surface area contributed by atoms with Gasteiger partial charge in [0.15, 0.2) is 0 Å². The summed E-state index contributed by atoms with van der Waals surface area (Å²) in [6.07, 6.45) is -0.249. The fourth-order valence-electron chi connectivity index (χ4n) is 1.54. The summed E-state index contributed by atoms with van der Waals surface area (Å²) >= 11 is 0. The second-order valence-corrected chi connectivity index (χ2v) is 3.55. The number of hydrogen-bond acceptors (Lipinski definition) is 2. The third-order valence-electron chi connectivity index (χ3n) is 2.50. The predicted octanol–water partition coefficient (Wildman–Crippen LogP) is 1.98. The molecule has 0 saturated carbocycles. The molecule has 0 aromatic heterocycles. The van der Waals surface area contributed by atoms with Crippen molar-refractivity contribution in [2.75, 3.05) is 6.54 Å². The summed E-state index contributed by atoms with van der Waals surface area (Å²) in [7, 11) is 0. The normalized spacial score (nSPS) is 15.0. The number of rotatable bonds is 4. The largest absolute Gasteiger partial charge is 0.388 e. The minimum Gasteiger partial charge on any atom is -0.388 e. The van der Waals surface area contributed by atoms with E-state index in [0.29, 0.717) is 6.42 Å². The van der Waals surface area contributed by atoms with E-state index < -0.39 is 17.7 Å². The molecule has 0 radical (unpaired) electrons. The Hall–Kier alpha value is -1.00. The lowest BCUT2D eigenvalue weighted by Gasteiger charge is -2.20. The number of hydrogen-bond donors (Lipinski definition) is 2. The molecule has 2 unspecified atom stereocenters. The topological polar surface area (TPSA) is 46.2 Å². The highest BCUT2D eigenvalue weighted by molar-refractivity contribution is 5.20. The van der Waals surface area contributed by atoms with Crippen molar-refractivity contribution in [3.05, 3.63) is 35.4 Å². The maximum Gasteiger partial charge on any atom is 0.126 e. The van der Waals surface area contributed by atoms with Gasteiger partial charge >= 0.3 is 0 Å². The molecule has 0 heterocycles. The maximum atomic E-state index is 12.9. The van der Waals surface area contributed by atoms with Crippen LogP contribution >= 0.6 is 0 Å². The standard InChI is InChI=1S/C11H15F2NO/c1-2-7(6-14)11(15)8-3-9(12)5-10(13)4-8/h3-5,7,11,15H,2,6,14H2,1H3. The molecule has 2 atom stereocenters. The van der Waals surface area contributed by atoms with Gasteiger partial charge in [-0.1, -0.05) is 6.92 Å². The molecule has 1 rings (SSSR count). The molecule has 1 aromatic rings. The number of benzene rings is 1. The zero-order valence-electron chi connectivity index (χ0n) is 8.58. The molecule has 4 heteroatoms. The average Bonchev–Trinajstić information content (AvgIpc) is 2.18. The molecule has 0 saturated heterocycles. The summed E-state index contributed by atoms with van der Waals surface area (Å²) in [5.41, 5.74) is 5.69. The second-order valence-electron chi connectivity index (χ2n) is 3.55. The van der Waals surface area contributed by atoms with Crippen LogP contribution in [0.1, 0.15) is 25.0 Å². The highest BCUT2D eigenvalue weighted by atomic mass is 19.1. The first kappa shape index (κ1) is 12.1. The molecular formula is C11H15F2NO. The van der Waals surface area contributed by atoms with Gasteiger partial charge in [0.05, 0.1) is 6.10 Å². The monoisotopic (exact) mass is 215 g/mol. The first-order chi connectivity index (χ1) is 7.08. The summed E-state index contributed by atoms with van der Waals surface area (Å²) in [4.78, 5) is 0. The van der Waals surface area contributed by atoms with Crippen LogP contribution < -0.4 is 5.73 Å². The van der Waals surface area contributed by atoms with E-state index in [9.17, 15) is 13.9 Å². The minimum absolute atomic E-state index is 0.175. The molecular weight excluding hydrogens is 200 g/mol. The van der Waals surface area contributed by atoms with Gasteiger partial charge in [-0.3, -0.25) is 0 Å². The smallest absolute Gasteiger partial charge is 0.126 e. The van der Waals surface area contributed by atoms with Crippen molar-refractivity contribution in [3.8, 4) is 0 Å². The number of nitrogens with two attached hydrogens (primary N) is 1. The van der Waals surface area contributed by atoms with Crippen molar-refractivity contribution >= 4 is 0 Å². The average molecular weight is 215 g/mol. The van der Waals surface area contributed by atoms with Crippen molar-refractivity contribution in [2.24, 2.45) is 11.7 Å². The molecule has 0 aliphatic heterocycles. The van der Waals surface area contributed by atoms with Gasteiger partial charge in [0.1, 0.15) is 11.6 Å². The molecule has 1 aromatic carbocycles. The van der Waals surface area contributed by atoms with Gasteiger partial charge in [-0.05, 0) is 30.7 Å². The van der Waals surface area contributed by atoms with E-state index in [1.807, 2.05) is 6.92 Å². The van der Waals surface area contributed by atoms with E-state index in [2.05, 4.69) is 0 Å². The van der Waals surface area contributed by atoms with Crippen LogP contribution in [-0.4, -0.2) is 11.7 Å². The lowest BCUT2D eigenvalue weighted by Crippen LogP contribution is -2.21. The van der Waals surface area contributed by atoms with Gasteiger partial charge in [-0.2, -0.15) is 0 Å². The summed E-state index contributed by atoms with van der Waals surface area (Å²) in [6, 6.07) is 3.04. The van der Waals surface area contributed by atoms with Gasteiger partial charge in [-0.25, -0.2) is 8.78 Å². The van der Waals surface area contributed by atoms with Crippen LogP contribution in [-0.2, 0) is 0 Å². The highest BCUT2D eigenvalue weighted by Crippen LogP contribution is 2.25. The Kier molecular flexibility index (Phi) is 4.17. The molecule has 84 valence electrons. The summed E-state index contributed by atoms with van der Waals surface area (Å²) in [6.45, 7) is 2.16. The van der Waals surface area contributed by atoms with Crippen LogP contribution in [0.25, 0.3) is 0 Å². The molecule has 0 bridgehead atoms. The summed E-state index contributed by atoms with van der Waals surface area (Å²) in [5, 5.41) is 9.82. The predicted molar refractivity (Wildman–Crippen MR) is 54.2 cm³/mol. The van der Waals surface area contributed by atoms with Crippen LogP contribution in [0.2, 0.25) is 0 Å². The number of aliphatic hydroxyl groups excluding tert-OH is 1. The minimum atomic E-state index is -0.912. The van der Waals surface area contributed by atoms with Crippen LogP contribution in [0.5, 0.6) is 0 Å². The fraction of sp³-hybridized carbons (Fsp3) is 0.455. The van der Waals surface area contributed by atoms with E-state index in [-0.39, 0.29) is 18.0 Å². The van der Waals surface area contributed by atoms with Crippen LogP contribution in [0.3, 0.4) is 0 Å². The zero-order valence-corrected chi connectivity index (χ0v) is 8.58. The molecule has 0 aliphatic carbocycles. The Bertz CT molecular complexity index is 306. The van der Waals surface area contributed by atoms with Crippen molar-refractivity contribution in [1.29, 1.82) is 0 Å². The Labute approximate surface area is 87.7 Å². The molecule has 0 amide bonds. The highest BCUT2D eigenvalue weighted by Gasteiger charge is 2.18. The van der Waals surface area contributed by atoms with Crippen molar-refractivity contribution in [3.63, 3.8) is 0 Å². The molecule has 0 fully saturated rings. The Morgan fingerprint density at radius 2 is 1.80 bits per heavy atom. The van der Waals surface area contributed by atoms with E-state index in [4.69, 9.17) is 5.73 Å². The second kappa shape index (κ2) is 5.19. The fourth-order valence-corrected chi connectivity index (χ4v) is 1.54. The molecule has 0 aliphatic rings. The maximum absolute atomic E-state index is 12.9. The molecule has 2 nitrogen and oxygen atoms in total. The number of halogens is 2. The van der Waals surface area contributed by atoms with E-state index >= 15 is 0 Å². The third kappa shape index (κ3) is 2.97. The molecule has 3 N–H and O–H groups in total. The Morgan fingerprint density at radius 3 is 2.20 bits per heavy atom. The van der Waals surface area contributed by atoms with Crippen LogP contribution in [0.15, 0.2) is 18.2 Å². The van der Waals surface area contributed by atoms with E-state index in [1.165, 1.54) is 0 Å². The van der Waals surface area contributed by atoms with Crippen LogP contribution in [0, 0.1) is 17.6 Å². The van der Waals surface area contributed by atoms with Gasteiger partial charge < -0.3 is 10.8 Å². The number of aliphatic hydroxyl groups is 1. The lowest BCUT2D eigenvalue weighted by atomic mass is 9.93. The van der Waals surface area contributed by atoms with Crippen molar-refractivity contribution in [1.82, 2.24) is 0 Å². The Morgan fingerprint density at radius 1 is 1.27 bits per heavy atom. The van der Waals surface area contributed by atoms with Crippen LogP contribution in [0.4, 0.5) is 8.78 Å². The van der Waals surface area contributed by atoms with E-state index in [0.717, 1.165) is 18.2 Å². The molecule has 0 spiro atoms. The summed E-state index contributed by atoms with van der Waals surface area (Å²) in [5.74, 6) is -1.54. The Balaban J connectivity index is 2.94. The van der Waals surface area contributed by atoms with Gasteiger partial charge in [0, 0.05) is 12.0 Å². The zero-order chi connectivity index (χ0) is 11.4. The first-order valence-electron chi connectivity index (χ1n) is 4.92. The van der Waals surface area contributed by atoms with Gasteiger partial charge in [0.2, 0.25) is 0 Å². The summed E-state index contributed by atoms with van der Waals surface area (Å²) < 4.78 is 25.8. The quantitative estimate of drug-likeness (QED) is 0.806. The van der Waals surface area contributed by atoms with Gasteiger partial charge in [0.25, 0.3) is 0 Å².